The maximum absolute atomic E-state index is 5.85. The van der Waals surface area contributed by atoms with Crippen molar-refractivity contribution in [2.24, 2.45) is 7.05 Å². The van der Waals surface area contributed by atoms with E-state index >= 15 is 0 Å². The highest BCUT2D eigenvalue weighted by Gasteiger charge is 2.25. The summed E-state index contributed by atoms with van der Waals surface area (Å²) >= 11 is 0. The number of aromatic amines is 1. The number of hydrogen-bond donors (Lipinski definition) is 1. The average Bonchev–Trinajstić information content (AvgIpc) is 2.99. The third kappa shape index (κ3) is 2.87. The van der Waals surface area contributed by atoms with Gasteiger partial charge in [0.1, 0.15) is 11.9 Å². The lowest BCUT2D eigenvalue weighted by molar-refractivity contribution is -0.0369. The first-order chi connectivity index (χ1) is 10.0. The maximum Gasteiger partial charge on any atom is 0.136 e. The van der Waals surface area contributed by atoms with Gasteiger partial charge in [-0.1, -0.05) is 0 Å². The molecule has 1 N–H and O–H groups in total. The van der Waals surface area contributed by atoms with Crippen LogP contribution in [-0.2, 0) is 18.3 Å². The molecule has 6 heteroatoms. The van der Waals surface area contributed by atoms with E-state index in [1.54, 1.807) is 0 Å². The van der Waals surface area contributed by atoms with Crippen LogP contribution in [0.1, 0.15) is 34.6 Å². The van der Waals surface area contributed by atoms with Crippen molar-refractivity contribution in [1.29, 1.82) is 0 Å². The van der Waals surface area contributed by atoms with Crippen LogP contribution in [-0.4, -0.2) is 44.3 Å². The number of aryl methyl sites for hydroxylation is 3. The number of aromatic nitrogens is 4. The van der Waals surface area contributed by atoms with Crippen LogP contribution in [0.25, 0.3) is 0 Å². The van der Waals surface area contributed by atoms with Crippen molar-refractivity contribution in [2.45, 2.75) is 33.4 Å². The minimum absolute atomic E-state index is 0.0322. The molecule has 1 aliphatic rings. The van der Waals surface area contributed by atoms with E-state index < -0.39 is 0 Å². The number of imidazole rings is 1. The molecule has 3 heterocycles. The first-order valence-electron chi connectivity index (χ1n) is 7.39. The van der Waals surface area contributed by atoms with Gasteiger partial charge in [-0.2, -0.15) is 5.10 Å². The molecular weight excluding hydrogens is 266 g/mol. The van der Waals surface area contributed by atoms with Crippen molar-refractivity contribution in [3.8, 4) is 0 Å². The largest absolute Gasteiger partial charge is 0.368 e. The fraction of sp³-hybridized carbons (Fsp3) is 0.600. The monoisotopic (exact) mass is 289 g/mol. The molecule has 21 heavy (non-hydrogen) atoms. The molecule has 0 bridgehead atoms. The Balaban J connectivity index is 1.71. The molecule has 6 nitrogen and oxygen atoms in total. The second-order valence-electron chi connectivity index (χ2n) is 5.82. The molecule has 0 radical (unpaired) electrons. The Hall–Kier alpha value is -1.66. The zero-order valence-electron chi connectivity index (χ0n) is 13.2. The summed E-state index contributed by atoms with van der Waals surface area (Å²) in [5.74, 6) is 0.928. The van der Waals surface area contributed by atoms with E-state index in [1.807, 2.05) is 24.9 Å². The Kier molecular flexibility index (Phi) is 3.82. The van der Waals surface area contributed by atoms with Crippen LogP contribution in [0.2, 0.25) is 0 Å². The molecule has 0 saturated carbocycles. The molecule has 0 aromatic carbocycles. The van der Waals surface area contributed by atoms with Crippen molar-refractivity contribution < 1.29 is 4.74 Å². The number of nitrogens with one attached hydrogen (secondary N) is 1. The highest BCUT2D eigenvalue weighted by Crippen LogP contribution is 2.22. The Labute approximate surface area is 125 Å². The van der Waals surface area contributed by atoms with Gasteiger partial charge < -0.3 is 9.72 Å². The maximum atomic E-state index is 5.85. The van der Waals surface area contributed by atoms with Gasteiger partial charge in [-0.25, -0.2) is 4.98 Å². The normalized spacial score (nSPS) is 20.1. The highest BCUT2D eigenvalue weighted by molar-refractivity contribution is 5.24. The van der Waals surface area contributed by atoms with Crippen molar-refractivity contribution in [1.82, 2.24) is 24.6 Å². The van der Waals surface area contributed by atoms with Gasteiger partial charge in [-0.15, -0.1) is 0 Å². The summed E-state index contributed by atoms with van der Waals surface area (Å²) in [4.78, 5) is 10.1. The third-order valence-electron chi connectivity index (χ3n) is 4.22. The molecule has 3 rings (SSSR count). The van der Waals surface area contributed by atoms with E-state index in [4.69, 9.17) is 4.74 Å². The van der Waals surface area contributed by atoms with Crippen LogP contribution in [0.15, 0.2) is 6.20 Å². The van der Waals surface area contributed by atoms with Crippen LogP contribution < -0.4 is 0 Å². The zero-order valence-corrected chi connectivity index (χ0v) is 13.2. The fourth-order valence-corrected chi connectivity index (χ4v) is 2.88. The number of H-pyrrole nitrogens is 1. The Morgan fingerprint density at radius 3 is 2.81 bits per heavy atom. The van der Waals surface area contributed by atoms with E-state index in [1.165, 1.54) is 11.3 Å². The van der Waals surface area contributed by atoms with Gasteiger partial charge in [0.2, 0.25) is 0 Å². The number of morpholine rings is 1. The standard InChI is InChI=1S/C15H23N5O/c1-10-7-16-15(17-10)14-9-20(5-6-21-14)8-13-11(2)18-19(4)12(13)3/h7,14H,5-6,8-9H2,1-4H3,(H,16,17). The van der Waals surface area contributed by atoms with Crippen molar-refractivity contribution in [2.75, 3.05) is 19.7 Å². The first kappa shape index (κ1) is 14.3. The molecule has 0 amide bonds. The SMILES string of the molecule is Cc1cnc(C2CN(Cc3c(C)nn(C)c3C)CCO2)[nH]1. The molecule has 1 unspecified atom stereocenters. The van der Waals surface area contributed by atoms with Crippen LogP contribution in [0.5, 0.6) is 0 Å². The van der Waals surface area contributed by atoms with Crippen molar-refractivity contribution in [3.63, 3.8) is 0 Å². The number of ether oxygens (including phenoxy) is 1. The van der Waals surface area contributed by atoms with Gasteiger partial charge in [-0.05, 0) is 20.8 Å². The average molecular weight is 289 g/mol. The zero-order chi connectivity index (χ0) is 15.0. The summed E-state index contributed by atoms with van der Waals surface area (Å²) in [6, 6.07) is 0. The summed E-state index contributed by atoms with van der Waals surface area (Å²) in [6.07, 6.45) is 1.89. The minimum atomic E-state index is 0.0322. The van der Waals surface area contributed by atoms with Crippen LogP contribution in [0.4, 0.5) is 0 Å². The summed E-state index contributed by atoms with van der Waals surface area (Å²) < 4.78 is 7.81. The summed E-state index contributed by atoms with van der Waals surface area (Å²) in [5, 5.41) is 4.50. The highest BCUT2D eigenvalue weighted by atomic mass is 16.5. The van der Waals surface area contributed by atoms with Crippen LogP contribution >= 0.6 is 0 Å². The molecule has 2 aromatic rings. The van der Waals surface area contributed by atoms with Gasteiger partial charge >= 0.3 is 0 Å². The van der Waals surface area contributed by atoms with E-state index in [9.17, 15) is 0 Å². The number of hydrogen-bond acceptors (Lipinski definition) is 4. The summed E-state index contributed by atoms with van der Waals surface area (Å²) in [5.41, 5.74) is 4.76. The molecule has 0 aliphatic carbocycles. The van der Waals surface area contributed by atoms with Crippen molar-refractivity contribution in [3.05, 3.63) is 34.7 Å². The lowest BCUT2D eigenvalue weighted by atomic mass is 10.1. The lowest BCUT2D eigenvalue weighted by Gasteiger charge is -2.32. The van der Waals surface area contributed by atoms with Crippen LogP contribution in [0.3, 0.4) is 0 Å². The Morgan fingerprint density at radius 1 is 1.38 bits per heavy atom. The predicted molar refractivity (Wildman–Crippen MR) is 80.0 cm³/mol. The molecule has 114 valence electrons. The summed E-state index contributed by atoms with van der Waals surface area (Å²) in [6.45, 7) is 9.69. The molecule has 2 aromatic heterocycles. The predicted octanol–water partition coefficient (Wildman–Crippen LogP) is 1.64. The van der Waals surface area contributed by atoms with Gasteiger partial charge in [0.25, 0.3) is 0 Å². The fourth-order valence-electron chi connectivity index (χ4n) is 2.88. The number of rotatable bonds is 3. The van der Waals surface area contributed by atoms with Gasteiger partial charge in [-0.3, -0.25) is 9.58 Å². The van der Waals surface area contributed by atoms with Gasteiger partial charge in [0.15, 0.2) is 0 Å². The van der Waals surface area contributed by atoms with Gasteiger partial charge in [0, 0.05) is 49.8 Å². The Bertz CT molecular complexity index is 630. The molecule has 0 spiro atoms. The second-order valence-corrected chi connectivity index (χ2v) is 5.82. The molecule has 1 aliphatic heterocycles. The smallest absolute Gasteiger partial charge is 0.136 e. The second kappa shape index (κ2) is 5.61. The van der Waals surface area contributed by atoms with E-state index in [-0.39, 0.29) is 6.10 Å². The van der Waals surface area contributed by atoms with E-state index in [0.29, 0.717) is 0 Å². The topological polar surface area (TPSA) is 59.0 Å². The molecule has 1 atom stereocenters. The van der Waals surface area contributed by atoms with Crippen LogP contribution in [0, 0.1) is 20.8 Å². The Morgan fingerprint density at radius 2 is 2.19 bits per heavy atom. The summed E-state index contributed by atoms with van der Waals surface area (Å²) in [7, 11) is 2.00. The lowest BCUT2D eigenvalue weighted by Crippen LogP contribution is -2.38. The number of nitrogens with zero attached hydrogens (tertiary/aromatic N) is 4. The third-order valence-corrected chi connectivity index (χ3v) is 4.22. The van der Waals surface area contributed by atoms with Gasteiger partial charge in [0.05, 0.1) is 12.3 Å². The van der Waals surface area contributed by atoms with Crippen molar-refractivity contribution >= 4 is 0 Å². The quantitative estimate of drug-likeness (QED) is 0.933. The molecular formula is C15H23N5O. The van der Waals surface area contributed by atoms with E-state index in [0.717, 1.165) is 43.5 Å². The minimum Gasteiger partial charge on any atom is -0.368 e. The first-order valence-corrected chi connectivity index (χ1v) is 7.39. The molecule has 1 fully saturated rings. The van der Waals surface area contributed by atoms with E-state index in [2.05, 4.69) is 33.8 Å². The molecule has 1 saturated heterocycles.